The van der Waals surface area contributed by atoms with Gasteiger partial charge in [-0.05, 0) is 70.9 Å². The van der Waals surface area contributed by atoms with E-state index in [-0.39, 0.29) is 18.0 Å². The Morgan fingerprint density at radius 3 is 2.88 bits per heavy atom. The van der Waals surface area contributed by atoms with E-state index in [0.717, 1.165) is 35.0 Å². The van der Waals surface area contributed by atoms with Crippen molar-refractivity contribution in [3.63, 3.8) is 0 Å². The highest BCUT2D eigenvalue weighted by Gasteiger charge is 2.21. The zero-order valence-electron chi connectivity index (χ0n) is 15.2. The number of ether oxygens (including phenoxy) is 1. The number of carbonyl (C=O) groups excluding carboxylic acids is 1. The van der Waals surface area contributed by atoms with Crippen LogP contribution in [0.4, 0.5) is 0 Å². The molecule has 0 saturated heterocycles. The van der Waals surface area contributed by atoms with Gasteiger partial charge in [-0.1, -0.05) is 30.3 Å². The largest absolute Gasteiger partial charge is 0.496 e. The number of hydrogen-bond acceptors (Lipinski definition) is 3. The first-order chi connectivity index (χ1) is 12.6. The van der Waals surface area contributed by atoms with Gasteiger partial charge < -0.3 is 15.4 Å². The van der Waals surface area contributed by atoms with Crippen molar-refractivity contribution in [3.8, 4) is 5.75 Å². The summed E-state index contributed by atoms with van der Waals surface area (Å²) in [5.41, 5.74) is 3.72. The van der Waals surface area contributed by atoms with Crippen molar-refractivity contribution in [2.75, 3.05) is 13.7 Å². The molecule has 0 aromatic heterocycles. The number of methoxy groups -OCH3 is 1. The summed E-state index contributed by atoms with van der Waals surface area (Å²) in [7, 11) is 1.65. The Hall–Kier alpha value is -1.85. The zero-order valence-corrected chi connectivity index (χ0v) is 16.8. The van der Waals surface area contributed by atoms with E-state index >= 15 is 0 Å². The summed E-state index contributed by atoms with van der Waals surface area (Å²) < 4.78 is 6.17. The summed E-state index contributed by atoms with van der Waals surface area (Å²) in [4.78, 5) is 12.4. The number of hydrogen-bond donors (Lipinski definition) is 2. The van der Waals surface area contributed by atoms with E-state index in [0.29, 0.717) is 6.54 Å². The second-order valence-corrected chi connectivity index (χ2v) is 7.56. The maximum Gasteiger partial charge on any atom is 0.234 e. The normalized spacial score (nSPS) is 17.3. The van der Waals surface area contributed by atoms with Crippen LogP contribution in [0.2, 0.25) is 0 Å². The molecule has 0 spiro atoms. The molecule has 1 aliphatic rings. The zero-order chi connectivity index (χ0) is 18.5. The molecule has 3 rings (SSSR count). The van der Waals surface area contributed by atoms with E-state index in [1.54, 1.807) is 7.11 Å². The highest BCUT2D eigenvalue weighted by Crippen LogP contribution is 2.30. The number of amides is 1. The van der Waals surface area contributed by atoms with Crippen LogP contribution in [0.1, 0.15) is 48.5 Å². The van der Waals surface area contributed by atoms with Gasteiger partial charge in [-0.2, -0.15) is 0 Å². The molecule has 0 bridgehead atoms. The first-order valence-electron chi connectivity index (χ1n) is 9.02. The predicted octanol–water partition coefficient (Wildman–Crippen LogP) is 4.30. The fourth-order valence-electron chi connectivity index (χ4n) is 3.46. The molecule has 2 atom stereocenters. The number of carbonyl (C=O) groups is 1. The molecule has 0 saturated carbocycles. The summed E-state index contributed by atoms with van der Waals surface area (Å²) in [6.07, 6.45) is 3.22. The van der Waals surface area contributed by atoms with E-state index < -0.39 is 0 Å². The van der Waals surface area contributed by atoms with Gasteiger partial charge in [0.1, 0.15) is 5.75 Å². The van der Waals surface area contributed by atoms with Gasteiger partial charge in [-0.25, -0.2) is 0 Å². The second kappa shape index (κ2) is 8.69. The van der Waals surface area contributed by atoms with Crippen molar-refractivity contribution in [3.05, 3.63) is 63.6 Å². The second-order valence-electron chi connectivity index (χ2n) is 6.71. The van der Waals surface area contributed by atoms with Crippen molar-refractivity contribution in [2.24, 2.45) is 0 Å². The minimum Gasteiger partial charge on any atom is -0.496 e. The molecule has 4 nitrogen and oxygen atoms in total. The van der Waals surface area contributed by atoms with E-state index in [4.69, 9.17) is 4.74 Å². The minimum atomic E-state index is 0.0335. The van der Waals surface area contributed by atoms with Crippen LogP contribution in [0.25, 0.3) is 0 Å². The SMILES string of the molecule is COc1ccc([C@@H](C)NCC(=O)N[C@H]2CCCc3ccccc32)cc1Br. The Labute approximate surface area is 163 Å². The van der Waals surface area contributed by atoms with Gasteiger partial charge in [-0.3, -0.25) is 4.79 Å². The molecule has 26 heavy (non-hydrogen) atoms. The summed E-state index contributed by atoms with van der Waals surface area (Å²) in [6, 6.07) is 14.6. The molecule has 1 aliphatic carbocycles. The van der Waals surface area contributed by atoms with Crippen LogP contribution in [-0.4, -0.2) is 19.6 Å². The van der Waals surface area contributed by atoms with Crippen molar-refractivity contribution in [1.82, 2.24) is 10.6 Å². The van der Waals surface area contributed by atoms with E-state index in [9.17, 15) is 4.79 Å². The summed E-state index contributed by atoms with van der Waals surface area (Å²) in [5, 5.41) is 6.48. The average Bonchev–Trinajstić information content (AvgIpc) is 2.66. The average molecular weight is 417 g/mol. The summed E-state index contributed by atoms with van der Waals surface area (Å²) in [5.74, 6) is 0.834. The molecule has 2 aromatic carbocycles. The maximum absolute atomic E-state index is 12.4. The Morgan fingerprint density at radius 2 is 2.12 bits per heavy atom. The van der Waals surface area contributed by atoms with Crippen LogP contribution in [0.15, 0.2) is 46.9 Å². The van der Waals surface area contributed by atoms with Gasteiger partial charge in [0, 0.05) is 6.04 Å². The molecule has 0 fully saturated rings. The standard InChI is InChI=1S/C21H25BrN2O2/c1-14(16-10-11-20(26-2)18(22)12-16)23-13-21(25)24-19-9-5-7-15-6-3-4-8-17(15)19/h3-4,6,8,10-12,14,19,23H,5,7,9,13H2,1-2H3,(H,24,25)/t14-,19+/m1/s1. The molecule has 1 amide bonds. The molecule has 0 heterocycles. The predicted molar refractivity (Wildman–Crippen MR) is 107 cm³/mol. The lowest BCUT2D eigenvalue weighted by Gasteiger charge is -2.26. The molecule has 0 unspecified atom stereocenters. The molecule has 0 aliphatic heterocycles. The number of halogens is 1. The van der Waals surface area contributed by atoms with Crippen LogP contribution in [0.5, 0.6) is 5.75 Å². The lowest BCUT2D eigenvalue weighted by molar-refractivity contribution is -0.121. The lowest BCUT2D eigenvalue weighted by Crippen LogP contribution is -2.38. The van der Waals surface area contributed by atoms with Crippen LogP contribution in [0.3, 0.4) is 0 Å². The van der Waals surface area contributed by atoms with Gasteiger partial charge in [0.2, 0.25) is 5.91 Å². The van der Waals surface area contributed by atoms with Gasteiger partial charge in [-0.15, -0.1) is 0 Å². The molecular weight excluding hydrogens is 392 g/mol. The number of benzene rings is 2. The third-order valence-electron chi connectivity index (χ3n) is 4.95. The Balaban J connectivity index is 1.55. The third kappa shape index (κ3) is 4.46. The quantitative estimate of drug-likeness (QED) is 0.737. The first kappa shape index (κ1) is 18.9. The monoisotopic (exact) mass is 416 g/mol. The van der Waals surface area contributed by atoms with Crippen LogP contribution < -0.4 is 15.4 Å². The number of nitrogens with one attached hydrogen (secondary N) is 2. The van der Waals surface area contributed by atoms with Crippen molar-refractivity contribution in [1.29, 1.82) is 0 Å². The summed E-state index contributed by atoms with van der Waals surface area (Å²) in [6.45, 7) is 2.35. The van der Waals surface area contributed by atoms with Gasteiger partial charge in [0.25, 0.3) is 0 Å². The van der Waals surface area contributed by atoms with E-state index in [1.807, 2.05) is 24.3 Å². The topological polar surface area (TPSA) is 50.4 Å². The molecule has 0 radical (unpaired) electrons. The third-order valence-corrected chi connectivity index (χ3v) is 5.57. The van der Waals surface area contributed by atoms with Crippen molar-refractivity contribution in [2.45, 2.75) is 38.3 Å². The Morgan fingerprint density at radius 1 is 1.31 bits per heavy atom. The lowest BCUT2D eigenvalue weighted by atomic mass is 9.88. The maximum atomic E-state index is 12.4. The van der Waals surface area contributed by atoms with Crippen molar-refractivity contribution < 1.29 is 9.53 Å². The number of aryl methyl sites for hydroxylation is 1. The smallest absolute Gasteiger partial charge is 0.234 e. The Kier molecular flexibility index (Phi) is 6.33. The van der Waals surface area contributed by atoms with Gasteiger partial charge in [0.15, 0.2) is 0 Å². The van der Waals surface area contributed by atoms with Crippen LogP contribution in [-0.2, 0) is 11.2 Å². The van der Waals surface area contributed by atoms with E-state index in [2.05, 4.69) is 51.7 Å². The highest BCUT2D eigenvalue weighted by atomic mass is 79.9. The minimum absolute atomic E-state index is 0.0335. The van der Waals surface area contributed by atoms with Crippen LogP contribution >= 0.6 is 15.9 Å². The fourth-order valence-corrected chi connectivity index (χ4v) is 4.02. The fraction of sp³-hybridized carbons (Fsp3) is 0.381. The highest BCUT2D eigenvalue weighted by molar-refractivity contribution is 9.10. The summed E-state index contributed by atoms with van der Waals surface area (Å²) >= 11 is 3.50. The molecule has 5 heteroatoms. The first-order valence-corrected chi connectivity index (χ1v) is 9.81. The Bertz CT molecular complexity index is 778. The van der Waals surface area contributed by atoms with Gasteiger partial charge in [0.05, 0.1) is 24.2 Å². The van der Waals surface area contributed by atoms with Crippen LogP contribution in [0, 0.1) is 0 Å². The number of rotatable bonds is 6. The molecule has 2 aromatic rings. The number of fused-ring (bicyclic) bond motifs is 1. The van der Waals surface area contributed by atoms with Gasteiger partial charge >= 0.3 is 0 Å². The van der Waals surface area contributed by atoms with Crippen molar-refractivity contribution >= 4 is 21.8 Å². The molecule has 138 valence electrons. The molecule has 2 N–H and O–H groups in total. The van der Waals surface area contributed by atoms with E-state index in [1.165, 1.54) is 11.1 Å². The molecular formula is C21H25BrN2O2.